The van der Waals surface area contributed by atoms with Crippen LogP contribution < -0.4 is 5.32 Å². The lowest BCUT2D eigenvalue weighted by Gasteiger charge is -2.16. The third-order valence-corrected chi connectivity index (χ3v) is 3.11. The first kappa shape index (κ1) is 12.5. The SMILES string of the molecule is CNCC(O)C(O)c1[nH]nc2cc(Br)ccc12. The number of halogens is 1. The lowest BCUT2D eigenvalue weighted by atomic mass is 10.1. The van der Waals surface area contributed by atoms with Gasteiger partial charge in [-0.3, -0.25) is 5.10 Å². The van der Waals surface area contributed by atoms with E-state index in [0.29, 0.717) is 12.2 Å². The number of nitrogens with one attached hydrogen (secondary N) is 2. The van der Waals surface area contributed by atoms with E-state index >= 15 is 0 Å². The van der Waals surface area contributed by atoms with E-state index in [1.54, 1.807) is 7.05 Å². The van der Waals surface area contributed by atoms with Gasteiger partial charge < -0.3 is 15.5 Å². The van der Waals surface area contributed by atoms with Crippen LogP contribution in [0.2, 0.25) is 0 Å². The molecule has 1 heterocycles. The summed E-state index contributed by atoms with van der Waals surface area (Å²) in [5.41, 5.74) is 1.29. The van der Waals surface area contributed by atoms with E-state index in [-0.39, 0.29) is 0 Å². The fourth-order valence-electron chi connectivity index (χ4n) is 1.74. The van der Waals surface area contributed by atoms with Gasteiger partial charge in [0.1, 0.15) is 6.10 Å². The molecule has 0 aliphatic carbocycles. The van der Waals surface area contributed by atoms with E-state index in [9.17, 15) is 10.2 Å². The summed E-state index contributed by atoms with van der Waals surface area (Å²) >= 11 is 3.36. The summed E-state index contributed by atoms with van der Waals surface area (Å²) in [7, 11) is 1.72. The average molecular weight is 300 g/mol. The number of likely N-dealkylation sites (N-methyl/N-ethyl adjacent to an activating group) is 1. The summed E-state index contributed by atoms with van der Waals surface area (Å²) in [4.78, 5) is 0. The molecule has 0 saturated heterocycles. The molecule has 2 aromatic rings. The van der Waals surface area contributed by atoms with Gasteiger partial charge in [-0.15, -0.1) is 0 Å². The van der Waals surface area contributed by atoms with Crippen LogP contribution in [0, 0.1) is 0 Å². The number of benzene rings is 1. The highest BCUT2D eigenvalue weighted by Crippen LogP contribution is 2.26. The van der Waals surface area contributed by atoms with Crippen molar-refractivity contribution in [1.82, 2.24) is 15.5 Å². The summed E-state index contributed by atoms with van der Waals surface area (Å²) in [5.74, 6) is 0. The first-order valence-corrected chi connectivity index (χ1v) is 6.07. The maximum atomic E-state index is 10.0. The minimum absolute atomic E-state index is 0.318. The number of aliphatic hydroxyl groups is 2. The molecular weight excluding hydrogens is 286 g/mol. The third kappa shape index (κ3) is 2.50. The Labute approximate surface area is 107 Å². The number of rotatable bonds is 4. The number of hydrogen-bond donors (Lipinski definition) is 4. The van der Waals surface area contributed by atoms with Crippen LogP contribution in [-0.2, 0) is 0 Å². The van der Waals surface area contributed by atoms with Gasteiger partial charge in [0.05, 0.1) is 17.3 Å². The van der Waals surface area contributed by atoms with Crippen LogP contribution in [0.25, 0.3) is 10.9 Å². The van der Waals surface area contributed by atoms with Gasteiger partial charge >= 0.3 is 0 Å². The molecule has 0 spiro atoms. The Balaban J connectivity index is 2.35. The van der Waals surface area contributed by atoms with Gasteiger partial charge in [0.15, 0.2) is 0 Å². The molecule has 17 heavy (non-hydrogen) atoms. The highest BCUT2D eigenvalue weighted by molar-refractivity contribution is 9.10. The molecule has 0 aliphatic heterocycles. The number of H-pyrrole nitrogens is 1. The van der Waals surface area contributed by atoms with Gasteiger partial charge in [-0.1, -0.05) is 15.9 Å². The molecule has 6 heteroatoms. The van der Waals surface area contributed by atoms with E-state index in [0.717, 1.165) is 15.4 Å². The topological polar surface area (TPSA) is 81.2 Å². The molecule has 0 fully saturated rings. The van der Waals surface area contributed by atoms with E-state index in [1.807, 2.05) is 18.2 Å². The molecule has 0 aliphatic rings. The molecule has 1 aromatic carbocycles. The molecule has 0 saturated carbocycles. The Kier molecular flexibility index (Phi) is 3.78. The van der Waals surface area contributed by atoms with Crippen molar-refractivity contribution < 1.29 is 10.2 Å². The summed E-state index contributed by atoms with van der Waals surface area (Å²) in [6.07, 6.45) is -1.85. The van der Waals surface area contributed by atoms with Crippen molar-refractivity contribution in [2.24, 2.45) is 0 Å². The summed E-state index contributed by atoms with van der Waals surface area (Å²) in [6, 6.07) is 5.58. The van der Waals surface area contributed by atoms with Crippen molar-refractivity contribution in [3.8, 4) is 0 Å². The second-order valence-electron chi connectivity index (χ2n) is 3.87. The number of aliphatic hydroxyl groups excluding tert-OH is 2. The van der Waals surface area contributed by atoms with Crippen molar-refractivity contribution in [2.45, 2.75) is 12.2 Å². The number of aromatic amines is 1. The van der Waals surface area contributed by atoms with Crippen LogP contribution in [0.5, 0.6) is 0 Å². The molecule has 0 amide bonds. The van der Waals surface area contributed by atoms with E-state index < -0.39 is 12.2 Å². The maximum absolute atomic E-state index is 10.0. The van der Waals surface area contributed by atoms with Gasteiger partial charge in [-0.25, -0.2) is 0 Å². The molecule has 5 nitrogen and oxygen atoms in total. The van der Waals surface area contributed by atoms with Gasteiger partial charge in [-0.05, 0) is 25.2 Å². The van der Waals surface area contributed by atoms with Crippen LogP contribution in [-0.4, -0.2) is 40.1 Å². The molecular formula is C11H14BrN3O2. The Morgan fingerprint density at radius 2 is 2.24 bits per heavy atom. The average Bonchev–Trinajstić information content (AvgIpc) is 2.71. The molecule has 2 unspecified atom stereocenters. The van der Waals surface area contributed by atoms with E-state index in [4.69, 9.17) is 0 Å². The van der Waals surface area contributed by atoms with E-state index in [1.165, 1.54) is 0 Å². The lowest BCUT2D eigenvalue weighted by Crippen LogP contribution is -2.29. The van der Waals surface area contributed by atoms with Crippen LogP contribution in [0.4, 0.5) is 0 Å². The first-order chi connectivity index (χ1) is 8.13. The summed E-state index contributed by atoms with van der Waals surface area (Å²) < 4.78 is 0.924. The quantitative estimate of drug-likeness (QED) is 0.677. The second-order valence-corrected chi connectivity index (χ2v) is 4.78. The number of nitrogens with zero attached hydrogens (tertiary/aromatic N) is 1. The third-order valence-electron chi connectivity index (χ3n) is 2.62. The molecule has 2 atom stereocenters. The minimum atomic E-state index is -0.978. The van der Waals surface area contributed by atoms with Gasteiger partial charge in [0.25, 0.3) is 0 Å². The zero-order chi connectivity index (χ0) is 12.4. The van der Waals surface area contributed by atoms with Crippen molar-refractivity contribution in [1.29, 1.82) is 0 Å². The summed E-state index contributed by atoms with van der Waals surface area (Å²) in [6.45, 7) is 0.318. The Hall–Kier alpha value is -0.950. The number of fused-ring (bicyclic) bond motifs is 1. The van der Waals surface area contributed by atoms with Crippen LogP contribution in [0.3, 0.4) is 0 Å². The largest absolute Gasteiger partial charge is 0.389 e. The van der Waals surface area contributed by atoms with E-state index in [2.05, 4.69) is 31.4 Å². The van der Waals surface area contributed by atoms with Gasteiger partial charge in [-0.2, -0.15) is 5.10 Å². The van der Waals surface area contributed by atoms with Crippen molar-refractivity contribution >= 4 is 26.8 Å². The highest BCUT2D eigenvalue weighted by Gasteiger charge is 2.21. The fraction of sp³-hybridized carbons (Fsp3) is 0.364. The van der Waals surface area contributed by atoms with Gasteiger partial charge in [0.2, 0.25) is 0 Å². The van der Waals surface area contributed by atoms with Crippen molar-refractivity contribution in [3.05, 3.63) is 28.4 Å². The molecule has 0 bridgehead atoms. The van der Waals surface area contributed by atoms with Crippen LogP contribution in [0.15, 0.2) is 22.7 Å². The summed E-state index contributed by atoms with van der Waals surface area (Å²) in [5, 5.41) is 30.2. The first-order valence-electron chi connectivity index (χ1n) is 5.27. The van der Waals surface area contributed by atoms with Crippen molar-refractivity contribution in [3.63, 3.8) is 0 Å². The fourth-order valence-corrected chi connectivity index (χ4v) is 2.09. The predicted octanol–water partition coefficient (Wildman–Crippen LogP) is 0.939. The second kappa shape index (κ2) is 5.14. The molecule has 1 aromatic heterocycles. The maximum Gasteiger partial charge on any atom is 0.123 e. The molecule has 4 N–H and O–H groups in total. The lowest BCUT2D eigenvalue weighted by molar-refractivity contribution is 0.0185. The van der Waals surface area contributed by atoms with Crippen molar-refractivity contribution in [2.75, 3.05) is 13.6 Å². The molecule has 92 valence electrons. The standard InChI is InChI=1S/C11H14BrN3O2/c1-13-5-9(16)11(17)10-7-3-2-6(12)4-8(7)14-15-10/h2-4,9,11,13,16-17H,5H2,1H3,(H,14,15). The number of hydrogen-bond acceptors (Lipinski definition) is 4. The normalized spacial score (nSPS) is 15.1. The Bertz CT molecular complexity index is 514. The Morgan fingerprint density at radius 1 is 1.47 bits per heavy atom. The smallest absolute Gasteiger partial charge is 0.123 e. The zero-order valence-electron chi connectivity index (χ0n) is 9.31. The van der Waals surface area contributed by atoms with Gasteiger partial charge in [0, 0.05) is 16.4 Å². The molecule has 0 radical (unpaired) electrons. The van der Waals surface area contributed by atoms with Crippen LogP contribution in [0.1, 0.15) is 11.8 Å². The Morgan fingerprint density at radius 3 is 2.94 bits per heavy atom. The van der Waals surface area contributed by atoms with Crippen LogP contribution >= 0.6 is 15.9 Å². The monoisotopic (exact) mass is 299 g/mol. The predicted molar refractivity (Wildman–Crippen MR) is 68.7 cm³/mol. The zero-order valence-corrected chi connectivity index (χ0v) is 10.9. The minimum Gasteiger partial charge on any atom is -0.389 e. The number of aromatic nitrogens is 2. The molecule has 2 rings (SSSR count). The highest BCUT2D eigenvalue weighted by atomic mass is 79.9.